The Kier molecular flexibility index (Phi) is 11.3. The van der Waals surface area contributed by atoms with E-state index in [1.165, 1.54) is 16.4 Å². The molecule has 8 N–H and O–H groups in total. The Morgan fingerprint density at radius 3 is 2.38 bits per heavy atom. The predicted octanol–water partition coefficient (Wildman–Crippen LogP) is -0.0909. The number of rotatable bonds is 10. The Bertz CT molecular complexity index is 1810. The van der Waals surface area contributed by atoms with Crippen molar-refractivity contribution in [1.29, 1.82) is 0 Å². The fourth-order valence-corrected chi connectivity index (χ4v) is 6.92. The molecule has 15 nitrogen and oxygen atoms in total. The molecule has 10 atom stereocenters. The monoisotopic (exact) mass is 710 g/mol. The van der Waals surface area contributed by atoms with Crippen molar-refractivity contribution in [2.75, 3.05) is 20.3 Å². The number of aliphatic hydroxyl groups excluding tert-OH is 7. The lowest BCUT2D eigenvalue weighted by atomic mass is 9.96. The third kappa shape index (κ3) is 7.19. The average Bonchev–Trinajstić information content (AvgIpc) is 3.50. The van der Waals surface area contributed by atoms with Gasteiger partial charge in [-0.15, -0.1) is 0 Å². The predicted molar refractivity (Wildman–Crippen MR) is 179 cm³/mol. The van der Waals surface area contributed by atoms with E-state index in [0.29, 0.717) is 32.7 Å². The van der Waals surface area contributed by atoms with Crippen molar-refractivity contribution < 1.29 is 54.8 Å². The topological polar surface area (TPSA) is 229 Å². The van der Waals surface area contributed by atoms with Crippen LogP contribution in [0.3, 0.4) is 0 Å². The first kappa shape index (κ1) is 36.0. The third-order valence-corrected chi connectivity index (χ3v) is 9.68. The maximum Gasteiger partial charge on any atom is 0.252 e. The van der Waals surface area contributed by atoms with Crippen LogP contribution in [0.2, 0.25) is 0 Å². The van der Waals surface area contributed by atoms with E-state index in [-0.39, 0.29) is 5.91 Å². The molecule has 0 spiro atoms. The van der Waals surface area contributed by atoms with Crippen molar-refractivity contribution in [2.45, 2.75) is 71.1 Å². The molecule has 4 heterocycles. The second-order valence-corrected chi connectivity index (χ2v) is 12.9. The number of benzene rings is 2. The van der Waals surface area contributed by atoms with E-state index >= 15 is 0 Å². The summed E-state index contributed by atoms with van der Waals surface area (Å²) in [7, 11) is 1.55. The second kappa shape index (κ2) is 15.6. The Morgan fingerprint density at radius 1 is 0.900 bits per heavy atom. The van der Waals surface area contributed by atoms with Crippen molar-refractivity contribution in [3.8, 4) is 0 Å². The first-order valence-electron chi connectivity index (χ1n) is 15.8. The number of carbonyl (C=O) groups excluding carboxylic acids is 1. The Hall–Kier alpha value is -3.78. The number of amides is 1. The van der Waals surface area contributed by atoms with E-state index in [4.69, 9.17) is 19.3 Å². The van der Waals surface area contributed by atoms with Gasteiger partial charge in [-0.3, -0.25) is 9.78 Å². The first-order valence-corrected chi connectivity index (χ1v) is 16.7. The highest BCUT2D eigenvalue weighted by molar-refractivity contribution is 7.99. The molecule has 0 saturated carbocycles. The van der Waals surface area contributed by atoms with Gasteiger partial charge in [-0.1, -0.05) is 30.0 Å². The molecule has 4 aromatic rings. The lowest BCUT2D eigenvalue weighted by Crippen LogP contribution is -2.63. The summed E-state index contributed by atoms with van der Waals surface area (Å²) in [4.78, 5) is 18.3. The fourth-order valence-electron chi connectivity index (χ4n) is 5.94. The van der Waals surface area contributed by atoms with Crippen molar-refractivity contribution in [1.82, 2.24) is 20.1 Å². The van der Waals surface area contributed by atoms with E-state index in [2.05, 4.69) is 10.3 Å². The molecule has 16 heteroatoms. The van der Waals surface area contributed by atoms with Crippen LogP contribution in [0.25, 0.3) is 23.1 Å². The summed E-state index contributed by atoms with van der Waals surface area (Å²) in [6.07, 6.45) is -10.5. The van der Waals surface area contributed by atoms with Crippen LogP contribution in [-0.2, 0) is 14.2 Å². The summed E-state index contributed by atoms with van der Waals surface area (Å²) in [5.74, 6) is -0.246. The third-order valence-electron chi connectivity index (χ3n) is 8.61. The van der Waals surface area contributed by atoms with Gasteiger partial charge in [-0.05, 0) is 54.6 Å². The molecule has 0 bridgehead atoms. The minimum Gasteiger partial charge on any atom is -0.394 e. The summed E-state index contributed by atoms with van der Waals surface area (Å²) >= 11 is 1.34. The Morgan fingerprint density at radius 2 is 1.66 bits per heavy atom. The number of pyridine rings is 1. The highest BCUT2D eigenvalue weighted by Gasteiger charge is 2.51. The second-order valence-electron chi connectivity index (χ2n) is 11.8. The minimum absolute atomic E-state index is 0.246. The summed E-state index contributed by atoms with van der Waals surface area (Å²) in [6.45, 7) is -1.41. The van der Waals surface area contributed by atoms with Gasteiger partial charge in [0.15, 0.2) is 12.5 Å². The molecule has 2 aliphatic heterocycles. The van der Waals surface area contributed by atoms with Gasteiger partial charge in [0.2, 0.25) is 0 Å². The summed E-state index contributed by atoms with van der Waals surface area (Å²) in [5.41, 5.74) is 2.14. The van der Waals surface area contributed by atoms with Crippen LogP contribution in [-0.4, -0.2) is 132 Å². The highest BCUT2D eigenvalue weighted by atomic mass is 32.2. The van der Waals surface area contributed by atoms with Crippen LogP contribution in [0, 0.1) is 0 Å². The van der Waals surface area contributed by atoms with Gasteiger partial charge >= 0.3 is 0 Å². The van der Waals surface area contributed by atoms with Crippen molar-refractivity contribution in [3.05, 3.63) is 83.8 Å². The molecule has 2 saturated heterocycles. The zero-order chi connectivity index (χ0) is 35.5. The van der Waals surface area contributed by atoms with Crippen LogP contribution >= 0.6 is 11.8 Å². The summed E-state index contributed by atoms with van der Waals surface area (Å²) in [6, 6.07) is 18.1. The fraction of sp³-hybridized carbons (Fsp3) is 0.382. The number of nitrogens with zero attached hydrogens (tertiary/aromatic N) is 3. The quantitative estimate of drug-likeness (QED) is 0.108. The first-order chi connectivity index (χ1) is 24.1. The van der Waals surface area contributed by atoms with Crippen LogP contribution in [0.15, 0.2) is 76.7 Å². The van der Waals surface area contributed by atoms with Gasteiger partial charge in [-0.2, -0.15) is 5.10 Å². The number of carbonyl (C=O) groups is 1. The number of ether oxygens (including phenoxy) is 3. The molecule has 2 fully saturated rings. The molecule has 50 heavy (non-hydrogen) atoms. The van der Waals surface area contributed by atoms with Gasteiger partial charge in [0.05, 0.1) is 35.7 Å². The smallest absolute Gasteiger partial charge is 0.252 e. The summed E-state index contributed by atoms with van der Waals surface area (Å²) < 4.78 is 18.7. The minimum atomic E-state index is -1.79. The van der Waals surface area contributed by atoms with Gasteiger partial charge < -0.3 is 55.3 Å². The SMILES string of the molecule is CNC(=O)c1ccccc1Sc1ccc2c(/C=C/c3ccccn3)nn(C3O[C@H](CO)[C@@H](O[C@@H]4O[C@H](CO)[C@H](O)[C@H](O)[C@H]4O)[C@H](O)[C@H]3O)c2c1. The maximum atomic E-state index is 12.5. The Balaban J connectivity index is 1.35. The van der Waals surface area contributed by atoms with E-state index < -0.39 is 74.6 Å². The van der Waals surface area contributed by atoms with Gasteiger partial charge in [-0.25, -0.2) is 4.68 Å². The lowest BCUT2D eigenvalue weighted by Gasteiger charge is -2.46. The Labute approximate surface area is 290 Å². The van der Waals surface area contributed by atoms with Crippen LogP contribution in [0.4, 0.5) is 0 Å². The molecule has 2 aliphatic rings. The number of aliphatic hydroxyl groups is 7. The highest BCUT2D eigenvalue weighted by Crippen LogP contribution is 2.38. The largest absolute Gasteiger partial charge is 0.394 e. The molecule has 266 valence electrons. The summed E-state index contributed by atoms with van der Waals surface area (Å²) in [5, 5.41) is 81.6. The zero-order valence-electron chi connectivity index (χ0n) is 26.7. The lowest BCUT2D eigenvalue weighted by molar-refractivity contribution is -0.347. The molecule has 0 aliphatic carbocycles. The number of aromatic nitrogens is 3. The van der Waals surface area contributed by atoms with Crippen molar-refractivity contribution in [2.24, 2.45) is 0 Å². The van der Waals surface area contributed by atoms with Crippen LogP contribution < -0.4 is 5.32 Å². The molecule has 1 amide bonds. The standard InChI is InChI=1S/C34H38N4O11S/c1-35-32(46)20-7-2-3-8-25(20)50-18-10-11-19-21(12-9-17-6-4-5-13-36-17)37-38(22(19)14-18)33-29(44)28(43)31(24(16-40)47-33)49-34-30(45)27(42)26(41)23(15-39)48-34/h2-14,23-24,26-31,33-34,39-45H,15-16H2,1H3,(H,35,46)/b12-9+/t23-,24-,26+,27+,28-,29-,30-,31-,33?,34+/m1/s1. The molecular weight excluding hydrogens is 672 g/mol. The molecule has 0 radical (unpaired) electrons. The van der Waals surface area contributed by atoms with E-state index in [1.54, 1.807) is 49.7 Å². The van der Waals surface area contributed by atoms with E-state index in [0.717, 1.165) is 4.90 Å². The maximum absolute atomic E-state index is 12.5. The number of hydrogen-bond donors (Lipinski definition) is 8. The number of nitrogens with one attached hydrogen (secondary N) is 1. The number of hydrogen-bond acceptors (Lipinski definition) is 14. The average molecular weight is 711 g/mol. The molecular formula is C34H38N4O11S. The van der Waals surface area contributed by atoms with Gasteiger partial charge in [0.25, 0.3) is 5.91 Å². The van der Waals surface area contributed by atoms with Crippen LogP contribution in [0.1, 0.15) is 28.0 Å². The van der Waals surface area contributed by atoms with Crippen molar-refractivity contribution in [3.63, 3.8) is 0 Å². The van der Waals surface area contributed by atoms with E-state index in [9.17, 15) is 40.5 Å². The van der Waals surface area contributed by atoms with Gasteiger partial charge in [0.1, 0.15) is 48.8 Å². The van der Waals surface area contributed by atoms with Crippen LogP contribution in [0.5, 0.6) is 0 Å². The van der Waals surface area contributed by atoms with Gasteiger partial charge in [0, 0.05) is 28.4 Å². The normalized spacial score (nSPS) is 30.2. The molecule has 6 rings (SSSR count). The van der Waals surface area contributed by atoms with Crippen molar-refractivity contribution >= 4 is 40.7 Å². The molecule has 1 unspecified atom stereocenters. The molecule has 2 aromatic heterocycles. The number of fused-ring (bicyclic) bond motifs is 1. The van der Waals surface area contributed by atoms with E-state index in [1.807, 2.05) is 36.4 Å². The molecule has 2 aromatic carbocycles. The zero-order valence-corrected chi connectivity index (χ0v) is 27.5.